The van der Waals surface area contributed by atoms with Crippen LogP contribution in [0.2, 0.25) is 0 Å². The Balaban J connectivity index is 2.83. The molecule has 16 heavy (non-hydrogen) atoms. The molecule has 0 saturated carbocycles. The van der Waals surface area contributed by atoms with Gasteiger partial charge >= 0.3 is 0 Å². The number of rotatable bonds is 2. The maximum absolute atomic E-state index is 11.7. The van der Waals surface area contributed by atoms with Crippen molar-refractivity contribution in [2.75, 3.05) is 26.2 Å². The van der Waals surface area contributed by atoms with Crippen LogP contribution >= 0.6 is 0 Å². The van der Waals surface area contributed by atoms with E-state index in [1.807, 2.05) is 0 Å². The molecule has 0 atom stereocenters. The highest BCUT2D eigenvalue weighted by molar-refractivity contribution is 5.70. The lowest BCUT2D eigenvalue weighted by Gasteiger charge is -2.17. The fraction of sp³-hybridized carbons (Fsp3) is 0.300. The molecule has 0 unspecified atom stereocenters. The summed E-state index contributed by atoms with van der Waals surface area (Å²) in [5.74, 6) is 0.383. The molecule has 0 saturated heterocycles. The smallest absolute Gasteiger partial charge is 0.271 e. The standard InChI is InChI=1S/C10H12N4O2/c1-13(2)14-9(15)5-4-7-10(14)12-8(16-3)6-11-7/h4-6H,1-3H3. The zero-order chi connectivity index (χ0) is 11.7. The summed E-state index contributed by atoms with van der Waals surface area (Å²) in [6.07, 6.45) is 1.52. The van der Waals surface area contributed by atoms with Crippen LogP contribution in [0.4, 0.5) is 0 Å². The van der Waals surface area contributed by atoms with E-state index in [-0.39, 0.29) is 5.56 Å². The molecular weight excluding hydrogens is 208 g/mol. The number of ether oxygens (including phenoxy) is 1. The molecule has 0 radical (unpaired) electrons. The van der Waals surface area contributed by atoms with Crippen LogP contribution in [0.3, 0.4) is 0 Å². The predicted molar refractivity (Wildman–Crippen MR) is 60.4 cm³/mol. The van der Waals surface area contributed by atoms with Gasteiger partial charge in [-0.05, 0) is 6.07 Å². The number of hydrogen-bond donors (Lipinski definition) is 0. The van der Waals surface area contributed by atoms with E-state index < -0.39 is 0 Å². The number of fused-ring (bicyclic) bond motifs is 1. The SMILES string of the molecule is COc1cnc2ccc(=O)n(N(C)C)c2n1. The van der Waals surface area contributed by atoms with E-state index in [9.17, 15) is 4.79 Å². The zero-order valence-electron chi connectivity index (χ0n) is 9.34. The summed E-state index contributed by atoms with van der Waals surface area (Å²) in [6, 6.07) is 3.10. The number of nitrogens with zero attached hydrogens (tertiary/aromatic N) is 4. The number of aromatic nitrogens is 3. The Morgan fingerprint density at radius 1 is 1.38 bits per heavy atom. The van der Waals surface area contributed by atoms with E-state index in [0.29, 0.717) is 17.0 Å². The topological polar surface area (TPSA) is 60.2 Å². The Bertz CT molecular complexity index is 577. The van der Waals surface area contributed by atoms with E-state index in [4.69, 9.17) is 4.74 Å². The lowest BCUT2D eigenvalue weighted by molar-refractivity contribution is 0.397. The molecule has 0 aliphatic rings. The highest BCUT2D eigenvalue weighted by Crippen LogP contribution is 2.10. The summed E-state index contributed by atoms with van der Waals surface area (Å²) >= 11 is 0. The average molecular weight is 220 g/mol. The van der Waals surface area contributed by atoms with Crippen molar-refractivity contribution in [2.24, 2.45) is 0 Å². The van der Waals surface area contributed by atoms with Crippen LogP contribution in [0, 0.1) is 0 Å². The van der Waals surface area contributed by atoms with E-state index in [1.54, 1.807) is 25.2 Å². The third kappa shape index (κ3) is 1.58. The van der Waals surface area contributed by atoms with Gasteiger partial charge in [0.1, 0.15) is 5.52 Å². The van der Waals surface area contributed by atoms with Crippen molar-refractivity contribution in [3.63, 3.8) is 0 Å². The van der Waals surface area contributed by atoms with Gasteiger partial charge in [0.2, 0.25) is 5.88 Å². The predicted octanol–water partition coefficient (Wildman–Crippen LogP) is -0.00230. The zero-order valence-corrected chi connectivity index (χ0v) is 9.34. The highest BCUT2D eigenvalue weighted by Gasteiger charge is 2.08. The molecule has 0 amide bonds. The second-order valence-electron chi connectivity index (χ2n) is 3.45. The van der Waals surface area contributed by atoms with Crippen molar-refractivity contribution in [3.8, 4) is 5.88 Å². The van der Waals surface area contributed by atoms with Gasteiger partial charge in [-0.25, -0.2) is 9.66 Å². The molecule has 0 spiro atoms. The first-order chi connectivity index (χ1) is 7.63. The summed E-state index contributed by atoms with van der Waals surface area (Å²) in [5, 5.41) is 1.65. The van der Waals surface area contributed by atoms with Crippen molar-refractivity contribution in [1.29, 1.82) is 0 Å². The normalized spacial score (nSPS) is 10.4. The molecule has 2 aromatic heterocycles. The molecule has 0 aliphatic heterocycles. The van der Waals surface area contributed by atoms with Crippen molar-refractivity contribution in [3.05, 3.63) is 28.7 Å². The Morgan fingerprint density at radius 2 is 2.12 bits per heavy atom. The summed E-state index contributed by atoms with van der Waals surface area (Å²) < 4.78 is 6.42. The van der Waals surface area contributed by atoms with Gasteiger partial charge < -0.3 is 9.75 Å². The Morgan fingerprint density at radius 3 is 2.75 bits per heavy atom. The quantitative estimate of drug-likeness (QED) is 0.712. The summed E-state index contributed by atoms with van der Waals surface area (Å²) in [7, 11) is 5.04. The van der Waals surface area contributed by atoms with Crippen LogP contribution in [0.5, 0.6) is 5.88 Å². The summed E-state index contributed by atoms with van der Waals surface area (Å²) in [5.41, 5.74) is 0.978. The van der Waals surface area contributed by atoms with Crippen molar-refractivity contribution in [2.45, 2.75) is 0 Å². The molecular formula is C10H12N4O2. The van der Waals surface area contributed by atoms with Crippen LogP contribution in [0.25, 0.3) is 11.2 Å². The minimum atomic E-state index is -0.153. The average Bonchev–Trinajstić information content (AvgIpc) is 2.27. The fourth-order valence-corrected chi connectivity index (χ4v) is 1.46. The maximum atomic E-state index is 11.7. The molecule has 0 aromatic carbocycles. The first kappa shape index (κ1) is 10.4. The molecule has 0 aliphatic carbocycles. The Kier molecular flexibility index (Phi) is 2.47. The van der Waals surface area contributed by atoms with Gasteiger partial charge in [0.25, 0.3) is 5.56 Å². The Hall–Kier alpha value is -2.11. The maximum Gasteiger partial charge on any atom is 0.271 e. The lowest BCUT2D eigenvalue weighted by Crippen LogP contribution is -2.36. The molecule has 6 nitrogen and oxygen atoms in total. The number of pyridine rings is 1. The van der Waals surface area contributed by atoms with Crippen molar-refractivity contribution >= 4 is 11.2 Å². The molecule has 0 bridgehead atoms. The lowest BCUT2D eigenvalue weighted by atomic mass is 10.4. The summed E-state index contributed by atoms with van der Waals surface area (Å²) in [6.45, 7) is 0. The first-order valence-corrected chi connectivity index (χ1v) is 4.74. The van der Waals surface area contributed by atoms with Crippen LogP contribution in [0.1, 0.15) is 0 Å². The van der Waals surface area contributed by atoms with E-state index in [2.05, 4.69) is 9.97 Å². The largest absolute Gasteiger partial charge is 0.480 e. The van der Waals surface area contributed by atoms with E-state index in [1.165, 1.54) is 24.0 Å². The van der Waals surface area contributed by atoms with Gasteiger partial charge in [0.05, 0.1) is 13.3 Å². The van der Waals surface area contributed by atoms with Crippen LogP contribution in [-0.4, -0.2) is 35.8 Å². The fourth-order valence-electron chi connectivity index (χ4n) is 1.46. The van der Waals surface area contributed by atoms with Crippen LogP contribution in [0.15, 0.2) is 23.1 Å². The van der Waals surface area contributed by atoms with Gasteiger partial charge in [-0.3, -0.25) is 4.79 Å². The third-order valence-electron chi connectivity index (χ3n) is 2.16. The van der Waals surface area contributed by atoms with Gasteiger partial charge in [-0.2, -0.15) is 4.98 Å². The monoisotopic (exact) mass is 220 g/mol. The minimum Gasteiger partial charge on any atom is -0.480 e. The minimum absolute atomic E-state index is 0.153. The molecule has 2 rings (SSSR count). The molecule has 0 fully saturated rings. The van der Waals surface area contributed by atoms with Crippen molar-refractivity contribution in [1.82, 2.24) is 14.6 Å². The highest BCUT2D eigenvalue weighted by atomic mass is 16.5. The van der Waals surface area contributed by atoms with Crippen LogP contribution in [-0.2, 0) is 0 Å². The molecule has 2 heterocycles. The van der Waals surface area contributed by atoms with Crippen LogP contribution < -0.4 is 15.3 Å². The molecule has 6 heteroatoms. The third-order valence-corrected chi connectivity index (χ3v) is 2.16. The Labute approximate surface area is 92.1 Å². The summed E-state index contributed by atoms with van der Waals surface area (Å²) in [4.78, 5) is 20.1. The van der Waals surface area contributed by atoms with E-state index in [0.717, 1.165) is 0 Å². The molecule has 84 valence electrons. The van der Waals surface area contributed by atoms with E-state index >= 15 is 0 Å². The second-order valence-corrected chi connectivity index (χ2v) is 3.45. The first-order valence-electron chi connectivity index (χ1n) is 4.74. The van der Waals surface area contributed by atoms with Gasteiger partial charge in [0, 0.05) is 20.2 Å². The molecule has 2 aromatic rings. The number of hydrogen-bond acceptors (Lipinski definition) is 5. The van der Waals surface area contributed by atoms with Gasteiger partial charge in [-0.15, -0.1) is 0 Å². The van der Waals surface area contributed by atoms with Gasteiger partial charge in [-0.1, -0.05) is 0 Å². The second kappa shape index (κ2) is 3.80. The number of methoxy groups -OCH3 is 1. The molecule has 0 N–H and O–H groups in total. The van der Waals surface area contributed by atoms with Gasteiger partial charge in [0.15, 0.2) is 5.65 Å². The van der Waals surface area contributed by atoms with Crippen molar-refractivity contribution < 1.29 is 4.74 Å².